The van der Waals surface area contributed by atoms with Gasteiger partial charge in [0.05, 0.1) is 0 Å². The van der Waals surface area contributed by atoms with Crippen LogP contribution in [-0.4, -0.2) is 4.98 Å². The molecule has 0 atom stereocenters. The Labute approximate surface area is 271 Å². The van der Waals surface area contributed by atoms with Crippen molar-refractivity contribution in [2.75, 3.05) is 4.90 Å². The molecule has 222 valence electrons. The molecule has 0 amide bonds. The predicted octanol–water partition coefficient (Wildman–Crippen LogP) is 12.2. The summed E-state index contributed by atoms with van der Waals surface area (Å²) in [6.45, 7) is 0. The van der Waals surface area contributed by atoms with Crippen LogP contribution in [0, 0.1) is 0 Å². The molecular formula is C43H28N2O2. The lowest BCUT2D eigenvalue weighted by Gasteiger charge is -2.26. The second kappa shape index (κ2) is 11.2. The maximum absolute atomic E-state index is 6.54. The summed E-state index contributed by atoms with van der Waals surface area (Å²) in [5.74, 6) is 0.584. The molecular weight excluding hydrogens is 576 g/mol. The molecule has 0 aliphatic heterocycles. The van der Waals surface area contributed by atoms with Gasteiger partial charge in [0.2, 0.25) is 5.89 Å². The van der Waals surface area contributed by atoms with Crippen molar-refractivity contribution in [3.63, 3.8) is 0 Å². The summed E-state index contributed by atoms with van der Waals surface area (Å²) in [7, 11) is 0. The third-order valence-corrected chi connectivity index (χ3v) is 8.69. The first-order valence-corrected chi connectivity index (χ1v) is 15.7. The number of aromatic nitrogens is 1. The number of rotatable bonds is 6. The molecule has 0 saturated heterocycles. The van der Waals surface area contributed by atoms with Crippen LogP contribution in [0.15, 0.2) is 179 Å². The summed E-state index contributed by atoms with van der Waals surface area (Å²) >= 11 is 0. The number of furan rings is 1. The molecule has 2 heterocycles. The van der Waals surface area contributed by atoms with E-state index in [-0.39, 0.29) is 0 Å². The van der Waals surface area contributed by atoms with E-state index in [4.69, 9.17) is 13.8 Å². The summed E-state index contributed by atoms with van der Waals surface area (Å²) in [5, 5.41) is 2.00. The van der Waals surface area contributed by atoms with Crippen LogP contribution < -0.4 is 4.90 Å². The predicted molar refractivity (Wildman–Crippen MR) is 192 cm³/mol. The van der Waals surface area contributed by atoms with Gasteiger partial charge in [0.15, 0.2) is 5.58 Å². The fourth-order valence-electron chi connectivity index (χ4n) is 6.48. The Bertz CT molecular complexity index is 2410. The molecule has 2 aromatic heterocycles. The highest BCUT2D eigenvalue weighted by molar-refractivity contribution is 6.12. The molecule has 7 aromatic carbocycles. The number of hydrogen-bond donors (Lipinski definition) is 0. The standard InChI is InChI=1S/C43H28N2O2/c1-3-12-29(13-4-1)31-16-9-18-33(26-31)45(34-19-10-17-32(27-34)30-14-5-2-6-15-30)35-24-25-36-41(28-35)46-40-23-11-20-37(42(36)40)43-44-38-21-7-8-22-39(38)47-43/h1-28H. The molecule has 4 heteroatoms. The first-order chi connectivity index (χ1) is 23.3. The molecule has 0 N–H and O–H groups in total. The van der Waals surface area contributed by atoms with Gasteiger partial charge in [0, 0.05) is 39.5 Å². The normalized spacial score (nSPS) is 11.4. The molecule has 9 aromatic rings. The van der Waals surface area contributed by atoms with Crippen molar-refractivity contribution in [3.05, 3.63) is 170 Å². The molecule has 4 nitrogen and oxygen atoms in total. The fourth-order valence-corrected chi connectivity index (χ4v) is 6.48. The number of benzene rings is 7. The van der Waals surface area contributed by atoms with E-state index in [1.807, 2.05) is 54.6 Å². The molecule has 0 radical (unpaired) electrons. The zero-order valence-electron chi connectivity index (χ0n) is 25.4. The molecule has 0 spiro atoms. The van der Waals surface area contributed by atoms with Crippen LogP contribution >= 0.6 is 0 Å². The summed E-state index contributed by atoms with van der Waals surface area (Å²) in [4.78, 5) is 7.09. The van der Waals surface area contributed by atoms with Crippen LogP contribution in [0.3, 0.4) is 0 Å². The Morgan fingerprint density at radius 2 is 0.979 bits per heavy atom. The third-order valence-electron chi connectivity index (χ3n) is 8.69. The summed E-state index contributed by atoms with van der Waals surface area (Å²) in [6, 6.07) is 58.7. The maximum Gasteiger partial charge on any atom is 0.228 e. The van der Waals surface area contributed by atoms with E-state index in [2.05, 4.69) is 120 Å². The minimum atomic E-state index is 0.584. The quantitative estimate of drug-likeness (QED) is 0.189. The number of fused-ring (bicyclic) bond motifs is 4. The van der Waals surface area contributed by atoms with Crippen molar-refractivity contribution in [2.24, 2.45) is 0 Å². The van der Waals surface area contributed by atoms with E-state index >= 15 is 0 Å². The first kappa shape index (κ1) is 27.0. The Balaban J connectivity index is 1.22. The molecule has 0 unspecified atom stereocenters. The lowest BCUT2D eigenvalue weighted by atomic mass is 10.0. The smallest absolute Gasteiger partial charge is 0.228 e. The van der Waals surface area contributed by atoms with E-state index in [1.165, 1.54) is 11.1 Å². The molecule has 47 heavy (non-hydrogen) atoms. The largest absolute Gasteiger partial charge is 0.456 e. The zero-order chi connectivity index (χ0) is 31.2. The van der Waals surface area contributed by atoms with Crippen molar-refractivity contribution in [3.8, 4) is 33.7 Å². The van der Waals surface area contributed by atoms with Crippen molar-refractivity contribution in [2.45, 2.75) is 0 Å². The van der Waals surface area contributed by atoms with Crippen LogP contribution in [0.2, 0.25) is 0 Å². The SMILES string of the molecule is c1ccc(-c2cccc(N(c3cccc(-c4ccccc4)c3)c3ccc4c(c3)oc3cccc(-c5nc6ccccc6o5)c34)c2)cc1. The Morgan fingerprint density at radius 1 is 0.404 bits per heavy atom. The average molecular weight is 605 g/mol. The van der Waals surface area contributed by atoms with Gasteiger partial charge in [-0.15, -0.1) is 0 Å². The van der Waals surface area contributed by atoms with Crippen LogP contribution in [0.4, 0.5) is 17.1 Å². The highest BCUT2D eigenvalue weighted by atomic mass is 16.3. The summed E-state index contributed by atoms with van der Waals surface area (Å²) < 4.78 is 12.7. The molecule has 0 saturated carbocycles. The van der Waals surface area contributed by atoms with Crippen molar-refractivity contribution >= 4 is 50.1 Å². The highest BCUT2D eigenvalue weighted by Gasteiger charge is 2.20. The van der Waals surface area contributed by atoms with Gasteiger partial charge >= 0.3 is 0 Å². The molecule has 0 aliphatic carbocycles. The second-order valence-corrected chi connectivity index (χ2v) is 11.6. The van der Waals surface area contributed by atoms with Crippen molar-refractivity contribution in [1.29, 1.82) is 0 Å². The van der Waals surface area contributed by atoms with Gasteiger partial charge in [0.1, 0.15) is 16.7 Å². The minimum absolute atomic E-state index is 0.584. The third kappa shape index (κ3) is 4.84. The van der Waals surface area contributed by atoms with Gasteiger partial charge in [-0.25, -0.2) is 4.98 Å². The van der Waals surface area contributed by atoms with Gasteiger partial charge in [-0.1, -0.05) is 103 Å². The van der Waals surface area contributed by atoms with E-state index in [0.29, 0.717) is 5.89 Å². The monoisotopic (exact) mass is 604 g/mol. The number of hydrogen-bond acceptors (Lipinski definition) is 4. The number of para-hydroxylation sites is 2. The van der Waals surface area contributed by atoms with E-state index < -0.39 is 0 Å². The minimum Gasteiger partial charge on any atom is -0.456 e. The Kier molecular flexibility index (Phi) is 6.43. The van der Waals surface area contributed by atoms with E-state index in [9.17, 15) is 0 Å². The lowest BCUT2D eigenvalue weighted by molar-refractivity contribution is 0.620. The van der Waals surface area contributed by atoms with Gasteiger partial charge in [-0.05, 0) is 82.9 Å². The van der Waals surface area contributed by atoms with E-state index in [0.717, 1.165) is 66.8 Å². The summed E-state index contributed by atoms with van der Waals surface area (Å²) in [5.41, 5.74) is 11.9. The Hall–Kier alpha value is -6.39. The van der Waals surface area contributed by atoms with Gasteiger partial charge in [-0.3, -0.25) is 0 Å². The molecule has 0 bridgehead atoms. The zero-order valence-corrected chi connectivity index (χ0v) is 25.4. The van der Waals surface area contributed by atoms with Crippen LogP contribution in [-0.2, 0) is 0 Å². The summed E-state index contributed by atoms with van der Waals surface area (Å²) in [6.07, 6.45) is 0. The van der Waals surface area contributed by atoms with Crippen LogP contribution in [0.1, 0.15) is 0 Å². The number of oxazole rings is 1. The Morgan fingerprint density at radius 3 is 1.66 bits per heavy atom. The molecule has 0 fully saturated rings. The average Bonchev–Trinajstić information content (AvgIpc) is 3.74. The highest BCUT2D eigenvalue weighted by Crippen LogP contribution is 2.42. The molecule has 0 aliphatic rings. The maximum atomic E-state index is 6.54. The number of anilines is 3. The van der Waals surface area contributed by atoms with E-state index in [1.54, 1.807) is 0 Å². The van der Waals surface area contributed by atoms with Crippen molar-refractivity contribution < 1.29 is 8.83 Å². The van der Waals surface area contributed by atoms with Gasteiger partial charge < -0.3 is 13.7 Å². The van der Waals surface area contributed by atoms with Gasteiger partial charge in [0.25, 0.3) is 0 Å². The topological polar surface area (TPSA) is 42.4 Å². The lowest BCUT2D eigenvalue weighted by Crippen LogP contribution is -2.10. The fraction of sp³-hybridized carbons (Fsp3) is 0. The first-order valence-electron chi connectivity index (χ1n) is 15.7. The van der Waals surface area contributed by atoms with Crippen LogP contribution in [0.5, 0.6) is 0 Å². The van der Waals surface area contributed by atoms with Gasteiger partial charge in [-0.2, -0.15) is 0 Å². The molecule has 9 rings (SSSR count). The number of nitrogens with zero attached hydrogens (tertiary/aromatic N) is 2. The van der Waals surface area contributed by atoms with Crippen LogP contribution in [0.25, 0.3) is 66.7 Å². The second-order valence-electron chi connectivity index (χ2n) is 11.6. The van der Waals surface area contributed by atoms with Crippen molar-refractivity contribution in [1.82, 2.24) is 4.98 Å².